The number of carbonyl (C=O) groups excluding carboxylic acids is 1. The van der Waals surface area contributed by atoms with Crippen LogP contribution < -0.4 is 5.32 Å². The number of likely N-dealkylation sites (N-methyl/N-ethyl adjacent to an activating group) is 1. The first-order valence-corrected chi connectivity index (χ1v) is 8.26. The molecule has 0 amide bonds. The van der Waals surface area contributed by atoms with E-state index < -0.39 is 5.54 Å². The number of morpholine rings is 1. The maximum atomic E-state index is 12.4. The Hall–Kier alpha value is -0.650. The number of hydrogen-bond donors (Lipinski definition) is 1. The Labute approximate surface area is 128 Å². The Bertz CT molecular complexity index is 363. The minimum atomic E-state index is -0.514. The summed E-state index contributed by atoms with van der Waals surface area (Å²) in [4.78, 5) is 14.9. The van der Waals surface area contributed by atoms with E-state index in [1.54, 1.807) is 0 Å². The summed E-state index contributed by atoms with van der Waals surface area (Å²) in [5, 5.41) is 3.26. The molecule has 0 spiro atoms. The van der Waals surface area contributed by atoms with Crippen LogP contribution in [0.3, 0.4) is 0 Å². The summed E-state index contributed by atoms with van der Waals surface area (Å²) in [7, 11) is 1.88. The molecule has 2 aliphatic rings. The molecule has 0 aromatic rings. The van der Waals surface area contributed by atoms with Gasteiger partial charge in [-0.15, -0.1) is 0 Å². The van der Waals surface area contributed by atoms with Crippen molar-refractivity contribution in [1.82, 2.24) is 10.2 Å². The van der Waals surface area contributed by atoms with Gasteiger partial charge in [-0.05, 0) is 53.5 Å². The van der Waals surface area contributed by atoms with E-state index in [0.29, 0.717) is 18.7 Å². The van der Waals surface area contributed by atoms with Crippen LogP contribution in [-0.2, 0) is 14.3 Å². The Balaban J connectivity index is 2.09. The third kappa shape index (κ3) is 3.58. The summed E-state index contributed by atoms with van der Waals surface area (Å²) >= 11 is 0. The van der Waals surface area contributed by atoms with Gasteiger partial charge in [0.25, 0.3) is 0 Å². The smallest absolute Gasteiger partial charge is 0.326 e. The molecule has 2 fully saturated rings. The molecule has 1 N–H and O–H groups in total. The molecule has 1 aliphatic carbocycles. The summed E-state index contributed by atoms with van der Waals surface area (Å²) in [6.45, 7) is 8.38. The fourth-order valence-corrected chi connectivity index (χ4v) is 3.75. The normalized spacial score (nSPS) is 38.2. The van der Waals surface area contributed by atoms with Crippen LogP contribution in [0, 0.1) is 0 Å². The number of hydrogen-bond acceptors (Lipinski definition) is 5. The number of nitrogens with zero attached hydrogens (tertiary/aromatic N) is 1. The quantitative estimate of drug-likeness (QED) is 0.798. The van der Waals surface area contributed by atoms with Crippen molar-refractivity contribution < 1.29 is 14.3 Å². The summed E-state index contributed by atoms with van der Waals surface area (Å²) < 4.78 is 11.0. The van der Waals surface area contributed by atoms with Crippen LogP contribution >= 0.6 is 0 Å². The minimum Gasteiger partial charge on any atom is -0.465 e. The van der Waals surface area contributed by atoms with Gasteiger partial charge in [0, 0.05) is 18.6 Å². The van der Waals surface area contributed by atoms with Crippen molar-refractivity contribution in [2.24, 2.45) is 0 Å². The lowest BCUT2D eigenvalue weighted by molar-refractivity contribution is -0.154. The topological polar surface area (TPSA) is 50.8 Å². The maximum Gasteiger partial charge on any atom is 0.326 e. The molecular weight excluding hydrogens is 268 g/mol. The van der Waals surface area contributed by atoms with E-state index in [1.165, 1.54) is 0 Å². The molecule has 4 unspecified atom stereocenters. The van der Waals surface area contributed by atoms with Crippen molar-refractivity contribution in [2.75, 3.05) is 26.8 Å². The molecule has 122 valence electrons. The molecule has 0 aromatic heterocycles. The Morgan fingerprint density at radius 3 is 2.90 bits per heavy atom. The van der Waals surface area contributed by atoms with Crippen molar-refractivity contribution in [3.8, 4) is 0 Å². The number of esters is 1. The Kier molecular flexibility index (Phi) is 5.63. The van der Waals surface area contributed by atoms with E-state index in [1.807, 2.05) is 14.0 Å². The highest BCUT2D eigenvalue weighted by atomic mass is 16.5. The van der Waals surface area contributed by atoms with Crippen molar-refractivity contribution in [3.05, 3.63) is 0 Å². The summed E-state index contributed by atoms with van der Waals surface area (Å²) in [6.07, 6.45) is 4.18. The molecular formula is C16H30N2O3. The number of rotatable bonds is 4. The van der Waals surface area contributed by atoms with E-state index in [4.69, 9.17) is 9.47 Å². The van der Waals surface area contributed by atoms with Crippen molar-refractivity contribution in [3.63, 3.8) is 0 Å². The molecule has 0 radical (unpaired) electrons. The molecule has 0 aromatic carbocycles. The fourth-order valence-electron chi connectivity index (χ4n) is 3.75. The van der Waals surface area contributed by atoms with Crippen LogP contribution in [0.1, 0.15) is 46.5 Å². The zero-order valence-electron chi connectivity index (χ0n) is 13.9. The SMILES string of the molecule is CCOC(=O)C1(NC)CCCC(N2CC(C)OCC2C)C1. The van der Waals surface area contributed by atoms with Crippen LogP contribution in [0.4, 0.5) is 0 Å². The van der Waals surface area contributed by atoms with Gasteiger partial charge in [0.05, 0.1) is 19.3 Å². The lowest BCUT2D eigenvalue weighted by Gasteiger charge is -2.47. The first kappa shape index (κ1) is 16.7. The second-order valence-corrected chi connectivity index (χ2v) is 6.49. The molecule has 1 heterocycles. The summed E-state index contributed by atoms with van der Waals surface area (Å²) in [5.74, 6) is -0.0915. The number of ether oxygens (including phenoxy) is 2. The van der Waals surface area contributed by atoms with Crippen molar-refractivity contribution >= 4 is 5.97 Å². The van der Waals surface area contributed by atoms with Gasteiger partial charge in [0.2, 0.25) is 0 Å². The molecule has 1 aliphatic heterocycles. The molecule has 1 saturated carbocycles. The highest BCUT2D eigenvalue weighted by molar-refractivity contribution is 5.81. The molecule has 0 bridgehead atoms. The Morgan fingerprint density at radius 2 is 2.24 bits per heavy atom. The van der Waals surface area contributed by atoms with Gasteiger partial charge in [0.1, 0.15) is 5.54 Å². The highest BCUT2D eigenvalue weighted by Gasteiger charge is 2.45. The third-order valence-corrected chi connectivity index (χ3v) is 4.99. The fraction of sp³-hybridized carbons (Fsp3) is 0.938. The lowest BCUT2D eigenvalue weighted by atomic mass is 9.78. The zero-order chi connectivity index (χ0) is 15.5. The zero-order valence-corrected chi connectivity index (χ0v) is 13.9. The van der Waals surface area contributed by atoms with Gasteiger partial charge < -0.3 is 14.8 Å². The largest absolute Gasteiger partial charge is 0.465 e. The van der Waals surface area contributed by atoms with Gasteiger partial charge in [0.15, 0.2) is 0 Å². The third-order valence-electron chi connectivity index (χ3n) is 4.99. The van der Waals surface area contributed by atoms with Crippen LogP contribution in [0.25, 0.3) is 0 Å². The molecule has 2 rings (SSSR count). The molecule has 1 saturated heterocycles. The first-order valence-electron chi connectivity index (χ1n) is 8.26. The highest BCUT2D eigenvalue weighted by Crippen LogP contribution is 2.34. The van der Waals surface area contributed by atoms with Gasteiger partial charge in [-0.2, -0.15) is 0 Å². The average molecular weight is 298 g/mol. The molecule has 5 heteroatoms. The van der Waals surface area contributed by atoms with E-state index in [0.717, 1.165) is 38.8 Å². The van der Waals surface area contributed by atoms with E-state index in [-0.39, 0.29) is 12.1 Å². The average Bonchev–Trinajstić information content (AvgIpc) is 2.50. The predicted molar refractivity (Wildman–Crippen MR) is 82.3 cm³/mol. The molecule has 4 atom stereocenters. The second-order valence-electron chi connectivity index (χ2n) is 6.49. The van der Waals surface area contributed by atoms with Gasteiger partial charge in [-0.25, -0.2) is 0 Å². The number of nitrogens with one attached hydrogen (secondary N) is 1. The van der Waals surface area contributed by atoms with Crippen LogP contribution in [0.2, 0.25) is 0 Å². The summed E-state index contributed by atoms with van der Waals surface area (Å²) in [5.41, 5.74) is -0.514. The van der Waals surface area contributed by atoms with Crippen molar-refractivity contribution in [2.45, 2.75) is 70.2 Å². The van der Waals surface area contributed by atoms with Gasteiger partial charge >= 0.3 is 5.97 Å². The van der Waals surface area contributed by atoms with E-state index in [9.17, 15) is 4.79 Å². The van der Waals surface area contributed by atoms with E-state index >= 15 is 0 Å². The second kappa shape index (κ2) is 7.07. The van der Waals surface area contributed by atoms with Gasteiger partial charge in [-0.1, -0.05) is 0 Å². The Morgan fingerprint density at radius 1 is 1.48 bits per heavy atom. The summed E-state index contributed by atoms with van der Waals surface area (Å²) in [6, 6.07) is 0.845. The van der Waals surface area contributed by atoms with Crippen LogP contribution in [-0.4, -0.2) is 61.4 Å². The monoisotopic (exact) mass is 298 g/mol. The van der Waals surface area contributed by atoms with Crippen LogP contribution in [0.5, 0.6) is 0 Å². The standard InChI is InChI=1S/C16H30N2O3/c1-5-20-15(19)16(17-4)8-6-7-14(9-16)18-10-13(3)21-11-12(18)2/h12-14,17H,5-11H2,1-4H3. The molecule has 5 nitrogen and oxygen atoms in total. The minimum absolute atomic E-state index is 0.0915. The first-order chi connectivity index (χ1) is 10.0. The van der Waals surface area contributed by atoms with Crippen LogP contribution in [0.15, 0.2) is 0 Å². The lowest BCUT2D eigenvalue weighted by Crippen LogP contribution is -2.61. The number of carbonyl (C=O) groups is 1. The van der Waals surface area contributed by atoms with Crippen molar-refractivity contribution in [1.29, 1.82) is 0 Å². The van der Waals surface area contributed by atoms with E-state index in [2.05, 4.69) is 24.1 Å². The molecule has 21 heavy (non-hydrogen) atoms. The predicted octanol–water partition coefficient (Wildman–Crippen LogP) is 1.56. The maximum absolute atomic E-state index is 12.4. The van der Waals surface area contributed by atoms with Gasteiger partial charge in [-0.3, -0.25) is 9.69 Å².